The molecule has 5 heteroatoms. The predicted molar refractivity (Wildman–Crippen MR) is 61.7 cm³/mol. The number of halogens is 2. The number of nitrogens with zero attached hydrogens (tertiary/aromatic N) is 1. The fourth-order valence-electron chi connectivity index (χ4n) is 1.48. The van der Waals surface area contributed by atoms with E-state index in [-0.39, 0.29) is 17.7 Å². The monoisotopic (exact) mass is 229 g/mol. The van der Waals surface area contributed by atoms with Gasteiger partial charge in [0.1, 0.15) is 0 Å². The fourth-order valence-corrected chi connectivity index (χ4v) is 1.48. The second kappa shape index (κ2) is 5.63. The first-order valence-corrected chi connectivity index (χ1v) is 5.38. The number of rotatable bonds is 5. The van der Waals surface area contributed by atoms with Crippen LogP contribution in [-0.4, -0.2) is 18.1 Å². The van der Waals surface area contributed by atoms with Crippen molar-refractivity contribution in [2.45, 2.75) is 32.7 Å². The lowest BCUT2D eigenvalue weighted by atomic mass is 10.2. The molecule has 0 amide bonds. The minimum atomic E-state index is -0.686. The summed E-state index contributed by atoms with van der Waals surface area (Å²) >= 11 is 0. The molecule has 0 aromatic carbocycles. The van der Waals surface area contributed by atoms with Crippen molar-refractivity contribution < 1.29 is 8.78 Å². The SMILES string of the molecule is CCCC(C)Nc1nc(NC)c(F)cc1F. The van der Waals surface area contributed by atoms with Gasteiger partial charge in [-0.05, 0) is 13.3 Å². The van der Waals surface area contributed by atoms with Crippen molar-refractivity contribution in [1.82, 2.24) is 4.98 Å². The maximum atomic E-state index is 13.4. The summed E-state index contributed by atoms with van der Waals surface area (Å²) in [6.07, 6.45) is 1.91. The third-order valence-corrected chi connectivity index (χ3v) is 2.27. The largest absolute Gasteiger partial charge is 0.371 e. The molecule has 0 radical (unpaired) electrons. The molecule has 16 heavy (non-hydrogen) atoms. The highest BCUT2D eigenvalue weighted by Gasteiger charge is 2.12. The normalized spacial score (nSPS) is 12.3. The van der Waals surface area contributed by atoms with Gasteiger partial charge in [0.05, 0.1) is 0 Å². The molecule has 1 heterocycles. The van der Waals surface area contributed by atoms with Gasteiger partial charge in [0.25, 0.3) is 0 Å². The first-order chi connectivity index (χ1) is 7.58. The Hall–Kier alpha value is -1.39. The molecule has 0 aliphatic rings. The summed E-state index contributed by atoms with van der Waals surface area (Å²) < 4.78 is 26.5. The van der Waals surface area contributed by atoms with Crippen LogP contribution in [0, 0.1) is 11.6 Å². The van der Waals surface area contributed by atoms with E-state index >= 15 is 0 Å². The average Bonchev–Trinajstić information content (AvgIpc) is 2.22. The van der Waals surface area contributed by atoms with Gasteiger partial charge in [0.15, 0.2) is 23.3 Å². The van der Waals surface area contributed by atoms with Crippen LogP contribution in [0.2, 0.25) is 0 Å². The lowest BCUT2D eigenvalue weighted by Gasteiger charge is -2.15. The number of hydrogen-bond acceptors (Lipinski definition) is 3. The van der Waals surface area contributed by atoms with E-state index in [1.54, 1.807) is 7.05 Å². The van der Waals surface area contributed by atoms with Crippen LogP contribution in [-0.2, 0) is 0 Å². The standard InChI is InChI=1S/C11H17F2N3/c1-4-5-7(2)15-11-9(13)6-8(12)10(14-3)16-11/h6-7H,4-5H2,1-3H3,(H2,14,15,16). The fraction of sp³-hybridized carbons (Fsp3) is 0.545. The molecule has 0 aliphatic carbocycles. The first-order valence-electron chi connectivity index (χ1n) is 5.38. The van der Waals surface area contributed by atoms with Crippen LogP contribution in [0.4, 0.5) is 20.4 Å². The number of anilines is 2. The second-order valence-electron chi connectivity index (χ2n) is 3.73. The molecular weight excluding hydrogens is 212 g/mol. The van der Waals surface area contributed by atoms with Crippen LogP contribution < -0.4 is 10.6 Å². The zero-order chi connectivity index (χ0) is 12.1. The van der Waals surface area contributed by atoms with Crippen molar-refractivity contribution >= 4 is 11.6 Å². The molecule has 0 bridgehead atoms. The van der Waals surface area contributed by atoms with E-state index in [2.05, 4.69) is 15.6 Å². The lowest BCUT2D eigenvalue weighted by Crippen LogP contribution is -2.17. The Morgan fingerprint density at radius 1 is 1.31 bits per heavy atom. The van der Waals surface area contributed by atoms with Gasteiger partial charge in [0.2, 0.25) is 0 Å². The molecule has 1 aromatic heterocycles. The van der Waals surface area contributed by atoms with E-state index in [0.717, 1.165) is 18.9 Å². The van der Waals surface area contributed by atoms with Crippen LogP contribution >= 0.6 is 0 Å². The highest BCUT2D eigenvalue weighted by Crippen LogP contribution is 2.19. The van der Waals surface area contributed by atoms with Crippen molar-refractivity contribution in [1.29, 1.82) is 0 Å². The Bertz CT molecular complexity index is 355. The Labute approximate surface area is 94.3 Å². The highest BCUT2D eigenvalue weighted by molar-refractivity contribution is 5.47. The summed E-state index contributed by atoms with van der Waals surface area (Å²) in [5, 5.41) is 5.50. The summed E-state index contributed by atoms with van der Waals surface area (Å²) in [7, 11) is 1.54. The zero-order valence-electron chi connectivity index (χ0n) is 9.77. The summed E-state index contributed by atoms with van der Waals surface area (Å²) in [6, 6.07) is 0.946. The van der Waals surface area contributed by atoms with Gasteiger partial charge < -0.3 is 10.6 Å². The van der Waals surface area contributed by atoms with Gasteiger partial charge in [0, 0.05) is 19.2 Å². The smallest absolute Gasteiger partial charge is 0.168 e. The molecule has 0 spiro atoms. The Morgan fingerprint density at radius 3 is 2.50 bits per heavy atom. The van der Waals surface area contributed by atoms with Gasteiger partial charge in [-0.2, -0.15) is 0 Å². The maximum Gasteiger partial charge on any atom is 0.168 e. The molecule has 1 unspecified atom stereocenters. The number of pyridine rings is 1. The van der Waals surface area contributed by atoms with Crippen LogP contribution in [0.15, 0.2) is 6.07 Å². The van der Waals surface area contributed by atoms with Crippen LogP contribution in [0.3, 0.4) is 0 Å². The average molecular weight is 229 g/mol. The maximum absolute atomic E-state index is 13.4. The summed E-state index contributed by atoms with van der Waals surface area (Å²) in [5.74, 6) is -1.22. The van der Waals surface area contributed by atoms with E-state index in [1.165, 1.54) is 0 Å². The topological polar surface area (TPSA) is 37.0 Å². The van der Waals surface area contributed by atoms with Crippen molar-refractivity contribution in [3.05, 3.63) is 17.7 Å². The molecule has 1 aromatic rings. The molecule has 0 saturated carbocycles. The van der Waals surface area contributed by atoms with Gasteiger partial charge in [-0.15, -0.1) is 0 Å². The van der Waals surface area contributed by atoms with Crippen LogP contribution in [0.25, 0.3) is 0 Å². The van der Waals surface area contributed by atoms with Crippen molar-refractivity contribution in [3.8, 4) is 0 Å². The van der Waals surface area contributed by atoms with Gasteiger partial charge in [-0.25, -0.2) is 13.8 Å². The van der Waals surface area contributed by atoms with Crippen molar-refractivity contribution in [2.75, 3.05) is 17.7 Å². The molecule has 2 N–H and O–H groups in total. The van der Waals surface area contributed by atoms with Gasteiger partial charge >= 0.3 is 0 Å². The molecule has 0 saturated heterocycles. The van der Waals surface area contributed by atoms with Gasteiger partial charge in [-0.1, -0.05) is 13.3 Å². The van der Waals surface area contributed by atoms with Crippen molar-refractivity contribution in [3.63, 3.8) is 0 Å². The molecule has 0 fully saturated rings. The summed E-state index contributed by atoms with van der Waals surface area (Å²) in [4.78, 5) is 3.84. The van der Waals surface area contributed by atoms with Crippen LogP contribution in [0.5, 0.6) is 0 Å². The zero-order valence-corrected chi connectivity index (χ0v) is 9.77. The number of hydrogen-bond donors (Lipinski definition) is 2. The van der Waals surface area contributed by atoms with E-state index in [1.807, 2.05) is 13.8 Å². The number of aromatic nitrogens is 1. The Balaban J connectivity index is 2.87. The summed E-state index contributed by atoms with van der Waals surface area (Å²) in [6.45, 7) is 3.98. The van der Waals surface area contributed by atoms with Crippen molar-refractivity contribution in [2.24, 2.45) is 0 Å². The number of nitrogens with one attached hydrogen (secondary N) is 2. The highest BCUT2D eigenvalue weighted by atomic mass is 19.1. The predicted octanol–water partition coefficient (Wildman–Crippen LogP) is 3.00. The second-order valence-corrected chi connectivity index (χ2v) is 3.73. The Morgan fingerprint density at radius 2 is 1.94 bits per heavy atom. The third-order valence-electron chi connectivity index (χ3n) is 2.27. The molecule has 3 nitrogen and oxygen atoms in total. The van der Waals surface area contributed by atoms with E-state index in [0.29, 0.717) is 0 Å². The first kappa shape index (κ1) is 12.7. The molecule has 0 aliphatic heterocycles. The Kier molecular flexibility index (Phi) is 4.46. The molecule has 1 rings (SSSR count). The van der Waals surface area contributed by atoms with E-state index < -0.39 is 11.6 Å². The molecule has 90 valence electrons. The molecule has 1 atom stereocenters. The minimum Gasteiger partial charge on any atom is -0.371 e. The van der Waals surface area contributed by atoms with E-state index in [9.17, 15) is 8.78 Å². The van der Waals surface area contributed by atoms with E-state index in [4.69, 9.17) is 0 Å². The molecular formula is C11H17F2N3. The summed E-state index contributed by atoms with van der Waals surface area (Å²) in [5.41, 5.74) is 0. The van der Waals surface area contributed by atoms with Gasteiger partial charge in [-0.3, -0.25) is 0 Å². The van der Waals surface area contributed by atoms with Crippen LogP contribution in [0.1, 0.15) is 26.7 Å². The third kappa shape index (κ3) is 3.05. The quantitative estimate of drug-likeness (QED) is 0.815. The lowest BCUT2D eigenvalue weighted by molar-refractivity contribution is 0.574. The minimum absolute atomic E-state index is 0.0487.